The second-order valence-corrected chi connectivity index (χ2v) is 8.93. The molecule has 2 aromatic carbocycles. The molecule has 0 spiro atoms. The number of hydrogen-bond donors (Lipinski definition) is 1. The normalized spacial score (nSPS) is 11.6. The van der Waals surface area contributed by atoms with Crippen LogP contribution in [-0.4, -0.2) is 28.3 Å². The Hall–Kier alpha value is -1.89. The summed E-state index contributed by atoms with van der Waals surface area (Å²) in [4.78, 5) is 13.3. The second kappa shape index (κ2) is 8.00. The molecule has 0 aliphatic rings. The van der Waals surface area contributed by atoms with Gasteiger partial charge in [0.25, 0.3) is 0 Å². The predicted octanol–water partition coefficient (Wildman–Crippen LogP) is 5.73. The minimum Gasteiger partial charge on any atom is -0.459 e. The number of halogens is 2. The van der Waals surface area contributed by atoms with E-state index in [4.69, 9.17) is 27.9 Å². The van der Waals surface area contributed by atoms with Crippen molar-refractivity contribution in [2.24, 2.45) is 0 Å². The summed E-state index contributed by atoms with van der Waals surface area (Å²) in [7, 11) is 0. The molecule has 0 fully saturated rings. The molecule has 5 nitrogen and oxygen atoms in total. The van der Waals surface area contributed by atoms with E-state index in [-0.39, 0.29) is 12.5 Å². The van der Waals surface area contributed by atoms with Crippen molar-refractivity contribution in [2.45, 2.75) is 31.3 Å². The fourth-order valence-electron chi connectivity index (χ4n) is 2.46. The summed E-state index contributed by atoms with van der Waals surface area (Å²) < 4.78 is 7.33. The molecule has 0 atom stereocenters. The second-order valence-electron chi connectivity index (χ2n) is 6.96. The van der Waals surface area contributed by atoms with Gasteiger partial charge in [0, 0.05) is 26.0 Å². The molecule has 0 aliphatic carbocycles. The fourth-order valence-corrected chi connectivity index (χ4v) is 4.12. The van der Waals surface area contributed by atoms with Gasteiger partial charge in [-0.25, -0.2) is 0 Å². The molecule has 1 N–H and O–H groups in total. The highest BCUT2D eigenvalue weighted by atomic mass is 35.5. The number of esters is 1. The highest BCUT2D eigenvalue weighted by Gasteiger charge is 2.21. The Morgan fingerprint density at radius 2 is 1.89 bits per heavy atom. The molecule has 0 aliphatic heterocycles. The Morgan fingerprint density at radius 3 is 2.56 bits per heavy atom. The van der Waals surface area contributed by atoms with Gasteiger partial charge in [0.15, 0.2) is 0 Å². The fraction of sp³-hybridized carbons (Fsp3) is 0.263. The first-order valence-corrected chi connectivity index (χ1v) is 9.79. The number of anilines is 1. The Morgan fingerprint density at radius 1 is 1.19 bits per heavy atom. The van der Waals surface area contributed by atoms with E-state index in [0.717, 1.165) is 21.5 Å². The molecular formula is C19H19Cl2N3O2S. The lowest BCUT2D eigenvalue weighted by Crippen LogP contribution is -2.31. The monoisotopic (exact) mass is 423 g/mol. The zero-order valence-corrected chi connectivity index (χ0v) is 17.5. The van der Waals surface area contributed by atoms with Crippen LogP contribution in [-0.2, 0) is 9.53 Å². The molecule has 0 unspecified atom stereocenters. The Kier molecular flexibility index (Phi) is 5.89. The van der Waals surface area contributed by atoms with Crippen LogP contribution in [0.5, 0.6) is 0 Å². The minimum atomic E-state index is -0.554. The summed E-state index contributed by atoms with van der Waals surface area (Å²) in [6.45, 7) is 5.60. The van der Waals surface area contributed by atoms with Gasteiger partial charge in [-0.1, -0.05) is 23.2 Å². The topological polar surface area (TPSA) is 58.2 Å². The van der Waals surface area contributed by atoms with E-state index in [2.05, 4.69) is 10.2 Å². The van der Waals surface area contributed by atoms with Crippen molar-refractivity contribution in [3.05, 3.63) is 52.6 Å². The smallest absolute Gasteiger partial charge is 0.327 e. The van der Waals surface area contributed by atoms with Crippen molar-refractivity contribution in [3.63, 3.8) is 0 Å². The first-order chi connectivity index (χ1) is 12.7. The lowest BCUT2D eigenvalue weighted by Gasteiger charge is -2.26. The zero-order chi connectivity index (χ0) is 19.6. The van der Waals surface area contributed by atoms with Crippen molar-refractivity contribution in [1.82, 2.24) is 10.2 Å². The van der Waals surface area contributed by atoms with Crippen molar-refractivity contribution >= 4 is 57.7 Å². The van der Waals surface area contributed by atoms with Crippen LogP contribution >= 0.6 is 35.1 Å². The SMILES string of the molecule is CC(C)(C)OC(=O)CN(Sc1cc(Cl)cc(Cl)c1)c1ccc2[nH]ncc2c1. The number of fused-ring (bicyclic) bond motifs is 1. The molecule has 8 heteroatoms. The zero-order valence-electron chi connectivity index (χ0n) is 15.1. The Balaban J connectivity index is 1.90. The molecule has 0 radical (unpaired) electrons. The number of nitrogens with one attached hydrogen (secondary N) is 1. The number of rotatable bonds is 5. The Labute approximate surface area is 172 Å². The van der Waals surface area contributed by atoms with Crippen LogP contribution < -0.4 is 4.31 Å². The summed E-state index contributed by atoms with van der Waals surface area (Å²) in [6, 6.07) is 11.1. The maximum Gasteiger partial charge on any atom is 0.327 e. The van der Waals surface area contributed by atoms with E-state index >= 15 is 0 Å². The van der Waals surface area contributed by atoms with E-state index in [0.29, 0.717) is 10.0 Å². The number of benzene rings is 2. The van der Waals surface area contributed by atoms with E-state index in [9.17, 15) is 4.79 Å². The molecular weight excluding hydrogens is 405 g/mol. The first-order valence-electron chi connectivity index (χ1n) is 8.26. The van der Waals surface area contributed by atoms with Crippen LogP contribution in [0, 0.1) is 0 Å². The van der Waals surface area contributed by atoms with E-state index in [1.807, 2.05) is 43.3 Å². The molecule has 1 aromatic heterocycles. The summed E-state index contributed by atoms with van der Waals surface area (Å²) in [5.74, 6) is -0.324. The largest absolute Gasteiger partial charge is 0.459 e. The van der Waals surface area contributed by atoms with Gasteiger partial charge in [0.1, 0.15) is 12.1 Å². The third-order valence-corrected chi connectivity index (χ3v) is 4.90. The minimum absolute atomic E-state index is 0.0649. The molecule has 1 heterocycles. The predicted molar refractivity (Wildman–Crippen MR) is 112 cm³/mol. The summed E-state index contributed by atoms with van der Waals surface area (Å²) in [5, 5.41) is 8.98. The standard InChI is InChI=1S/C19H19Cl2N3O2S/c1-19(2,3)26-18(25)11-24(27-16-8-13(20)7-14(21)9-16)15-4-5-17-12(6-15)10-22-23-17/h4-10H,11H2,1-3H3,(H,22,23). The summed E-state index contributed by atoms with van der Waals surface area (Å²) >= 11 is 13.6. The van der Waals surface area contributed by atoms with Gasteiger partial charge in [-0.15, -0.1) is 0 Å². The van der Waals surface area contributed by atoms with Crippen LogP contribution in [0.1, 0.15) is 20.8 Å². The van der Waals surface area contributed by atoms with Gasteiger partial charge in [0.05, 0.1) is 11.7 Å². The lowest BCUT2D eigenvalue weighted by molar-refractivity contribution is -0.152. The number of carbonyl (C=O) groups is 1. The van der Waals surface area contributed by atoms with Gasteiger partial charge >= 0.3 is 5.97 Å². The summed E-state index contributed by atoms with van der Waals surface area (Å²) in [6.07, 6.45) is 1.74. The van der Waals surface area contributed by atoms with Crippen LogP contribution in [0.15, 0.2) is 47.5 Å². The van der Waals surface area contributed by atoms with Gasteiger partial charge in [-0.05, 0) is 69.1 Å². The number of aromatic amines is 1. The van der Waals surface area contributed by atoms with Crippen molar-refractivity contribution in [2.75, 3.05) is 10.8 Å². The van der Waals surface area contributed by atoms with Crippen molar-refractivity contribution < 1.29 is 9.53 Å². The van der Waals surface area contributed by atoms with E-state index in [1.165, 1.54) is 11.9 Å². The molecule has 3 aromatic rings. The van der Waals surface area contributed by atoms with Gasteiger partial charge < -0.3 is 9.04 Å². The van der Waals surface area contributed by atoms with Crippen LogP contribution in [0.2, 0.25) is 10.0 Å². The number of aromatic nitrogens is 2. The third-order valence-electron chi connectivity index (χ3n) is 3.46. The Bertz CT molecular complexity index is 949. The third kappa shape index (κ3) is 5.54. The van der Waals surface area contributed by atoms with Gasteiger partial charge in [-0.2, -0.15) is 5.10 Å². The number of hydrogen-bond acceptors (Lipinski definition) is 5. The average Bonchev–Trinajstić information content (AvgIpc) is 2.98. The molecule has 0 saturated heterocycles. The maximum atomic E-state index is 12.4. The van der Waals surface area contributed by atoms with Crippen molar-refractivity contribution in [3.8, 4) is 0 Å². The number of H-pyrrole nitrogens is 1. The summed E-state index contributed by atoms with van der Waals surface area (Å²) in [5.41, 5.74) is 1.21. The van der Waals surface area contributed by atoms with Crippen LogP contribution in [0.4, 0.5) is 5.69 Å². The lowest BCUT2D eigenvalue weighted by atomic mass is 10.2. The first kappa shape index (κ1) is 19.9. The van der Waals surface area contributed by atoms with E-state index in [1.54, 1.807) is 24.4 Å². The molecule has 0 amide bonds. The van der Waals surface area contributed by atoms with Gasteiger partial charge in [-0.3, -0.25) is 9.89 Å². The maximum absolute atomic E-state index is 12.4. The average molecular weight is 424 g/mol. The molecule has 0 saturated carbocycles. The highest BCUT2D eigenvalue weighted by molar-refractivity contribution is 8.00. The van der Waals surface area contributed by atoms with E-state index < -0.39 is 5.60 Å². The molecule has 142 valence electrons. The van der Waals surface area contributed by atoms with Crippen LogP contribution in [0.25, 0.3) is 10.9 Å². The molecule has 3 rings (SSSR count). The number of nitrogens with zero attached hydrogens (tertiary/aromatic N) is 2. The van der Waals surface area contributed by atoms with Crippen LogP contribution in [0.3, 0.4) is 0 Å². The number of ether oxygens (including phenoxy) is 1. The molecule has 0 bridgehead atoms. The molecule has 27 heavy (non-hydrogen) atoms. The van der Waals surface area contributed by atoms with Gasteiger partial charge in [0.2, 0.25) is 0 Å². The number of carbonyl (C=O) groups excluding carboxylic acids is 1. The van der Waals surface area contributed by atoms with Crippen molar-refractivity contribution in [1.29, 1.82) is 0 Å². The quantitative estimate of drug-likeness (QED) is 0.419. The highest BCUT2D eigenvalue weighted by Crippen LogP contribution is 2.33.